The second-order valence-electron chi connectivity index (χ2n) is 8.13. The van der Waals surface area contributed by atoms with Crippen LogP contribution >= 0.6 is 11.6 Å². The molecule has 3 atom stereocenters. The number of carbonyl (C=O) groups is 1. The second-order valence-corrected chi connectivity index (χ2v) is 8.53. The van der Waals surface area contributed by atoms with Crippen molar-refractivity contribution in [2.24, 2.45) is 0 Å². The summed E-state index contributed by atoms with van der Waals surface area (Å²) in [5, 5.41) is 0.366. The fourth-order valence-electron chi connectivity index (χ4n) is 3.93. The molecule has 1 fully saturated rings. The van der Waals surface area contributed by atoms with Crippen molar-refractivity contribution >= 4 is 28.5 Å². The molecular weight excluding hydrogens is 432 g/mol. The Morgan fingerprint density at radius 1 is 1.22 bits per heavy atom. The van der Waals surface area contributed by atoms with E-state index in [2.05, 4.69) is 15.0 Å². The fourth-order valence-corrected chi connectivity index (χ4v) is 4.22. The van der Waals surface area contributed by atoms with Crippen LogP contribution in [0.5, 0.6) is 5.75 Å². The number of rotatable bonds is 4. The number of halogens is 1. The molecule has 1 aliphatic rings. The summed E-state index contributed by atoms with van der Waals surface area (Å²) in [4.78, 5) is 38.2. The molecule has 9 heteroatoms. The summed E-state index contributed by atoms with van der Waals surface area (Å²) in [6, 6.07) is 8.57. The molecule has 3 heterocycles. The van der Waals surface area contributed by atoms with Crippen LogP contribution in [0.1, 0.15) is 48.8 Å². The van der Waals surface area contributed by atoms with Crippen LogP contribution in [0.25, 0.3) is 11.0 Å². The largest absolute Gasteiger partial charge is 0.484 e. The summed E-state index contributed by atoms with van der Waals surface area (Å²) in [5.74, 6) is 1.02. The lowest BCUT2D eigenvalue weighted by molar-refractivity contribution is -0.0586. The molecule has 0 bridgehead atoms. The number of carbonyl (C=O) groups excluding carboxylic acids is 1. The molecule has 1 aromatic carbocycles. The molecule has 0 spiro atoms. The van der Waals surface area contributed by atoms with E-state index in [9.17, 15) is 9.59 Å². The van der Waals surface area contributed by atoms with Gasteiger partial charge in [0.25, 0.3) is 11.5 Å². The van der Waals surface area contributed by atoms with Gasteiger partial charge >= 0.3 is 0 Å². The van der Waals surface area contributed by atoms with Crippen LogP contribution in [-0.2, 0) is 4.74 Å². The number of ether oxygens (including phenoxy) is 2. The Morgan fingerprint density at radius 2 is 1.88 bits per heavy atom. The van der Waals surface area contributed by atoms with Crippen molar-refractivity contribution < 1.29 is 14.3 Å². The van der Waals surface area contributed by atoms with Crippen molar-refractivity contribution in [2.45, 2.75) is 46.0 Å². The van der Waals surface area contributed by atoms with Crippen LogP contribution < -0.4 is 10.3 Å². The molecule has 1 N–H and O–H groups in total. The number of nitrogens with one attached hydrogen (secondary N) is 1. The third-order valence-corrected chi connectivity index (χ3v) is 5.59. The van der Waals surface area contributed by atoms with E-state index in [1.165, 1.54) is 0 Å². The highest BCUT2D eigenvalue weighted by atomic mass is 35.5. The van der Waals surface area contributed by atoms with Crippen LogP contribution in [0.2, 0.25) is 5.02 Å². The number of hydrogen-bond donors (Lipinski definition) is 1. The number of hydrogen-bond acceptors (Lipinski definition) is 6. The number of nitrogens with zero attached hydrogens (tertiary/aromatic N) is 3. The summed E-state index contributed by atoms with van der Waals surface area (Å²) >= 11 is 6.39. The van der Waals surface area contributed by atoms with Gasteiger partial charge in [-0.3, -0.25) is 9.59 Å². The lowest BCUT2D eigenvalue weighted by Gasteiger charge is -2.35. The predicted octanol–water partition coefficient (Wildman–Crippen LogP) is 3.67. The first-order chi connectivity index (χ1) is 15.2. The highest BCUT2D eigenvalue weighted by Crippen LogP contribution is 2.28. The monoisotopic (exact) mass is 456 g/mol. The molecule has 3 aromatic rings. The minimum atomic E-state index is -0.518. The molecule has 1 amide bonds. The normalized spacial score (nSPS) is 19.7. The molecule has 1 saturated heterocycles. The number of aromatic nitrogens is 3. The topological polar surface area (TPSA) is 97.4 Å². The Balaban J connectivity index is 1.50. The molecule has 2 aromatic heterocycles. The number of fused-ring (bicyclic) bond motifs is 1. The molecule has 0 unspecified atom stereocenters. The quantitative estimate of drug-likeness (QED) is 0.643. The van der Waals surface area contributed by atoms with E-state index in [0.717, 1.165) is 0 Å². The van der Waals surface area contributed by atoms with E-state index in [4.69, 9.17) is 21.1 Å². The van der Waals surface area contributed by atoms with Gasteiger partial charge in [0.05, 0.1) is 22.7 Å². The van der Waals surface area contributed by atoms with Gasteiger partial charge in [0.15, 0.2) is 5.52 Å². The van der Waals surface area contributed by atoms with Crippen molar-refractivity contribution in [3.05, 3.63) is 62.8 Å². The SMILES string of the molecule is Cc1nc2cc(Cl)c([C@@H](C)Oc3ccc(C(=O)N4C[C@@H](C)O[C@@H](C)C4)cc3)nc2c(=O)[nH]1. The number of morpholine rings is 1. The van der Waals surface area contributed by atoms with Gasteiger partial charge in [-0.25, -0.2) is 9.97 Å². The van der Waals surface area contributed by atoms with Gasteiger partial charge in [-0.2, -0.15) is 0 Å². The number of H-pyrrole nitrogens is 1. The highest BCUT2D eigenvalue weighted by Gasteiger charge is 2.26. The molecule has 0 radical (unpaired) electrons. The zero-order valence-electron chi connectivity index (χ0n) is 18.4. The van der Waals surface area contributed by atoms with E-state index in [-0.39, 0.29) is 29.2 Å². The van der Waals surface area contributed by atoms with E-state index >= 15 is 0 Å². The number of benzene rings is 1. The van der Waals surface area contributed by atoms with Crippen molar-refractivity contribution in [1.29, 1.82) is 0 Å². The molecular formula is C23H25ClN4O4. The van der Waals surface area contributed by atoms with Crippen molar-refractivity contribution in [3.63, 3.8) is 0 Å². The van der Waals surface area contributed by atoms with Gasteiger partial charge in [-0.1, -0.05) is 11.6 Å². The standard InChI is InChI=1S/C23H25ClN4O4/c1-12-10-28(11-13(2)31-12)23(30)16-5-7-17(8-6-16)32-14(3)20-18(24)9-19-21(27-20)22(29)26-15(4)25-19/h5-9,12-14H,10-11H2,1-4H3,(H,25,26,29)/t12-,13+,14-/m1/s1. The molecule has 0 saturated carbocycles. The zero-order chi connectivity index (χ0) is 23.0. The number of pyridine rings is 1. The molecule has 8 nitrogen and oxygen atoms in total. The minimum absolute atomic E-state index is 0.0108. The molecule has 32 heavy (non-hydrogen) atoms. The molecule has 4 rings (SSSR count). The van der Waals surface area contributed by atoms with Crippen molar-refractivity contribution in [1.82, 2.24) is 19.9 Å². The van der Waals surface area contributed by atoms with E-state index in [1.807, 2.05) is 18.7 Å². The van der Waals surface area contributed by atoms with Gasteiger partial charge in [0.1, 0.15) is 23.4 Å². The van der Waals surface area contributed by atoms with Gasteiger partial charge < -0.3 is 19.4 Å². The predicted molar refractivity (Wildman–Crippen MR) is 121 cm³/mol. The smallest absolute Gasteiger partial charge is 0.277 e. The Labute approximate surface area is 190 Å². The summed E-state index contributed by atoms with van der Waals surface area (Å²) in [5.41, 5.74) is 1.34. The minimum Gasteiger partial charge on any atom is -0.484 e. The molecule has 1 aliphatic heterocycles. The van der Waals surface area contributed by atoms with Crippen LogP contribution in [0, 0.1) is 6.92 Å². The third kappa shape index (κ3) is 4.61. The maximum absolute atomic E-state index is 12.8. The summed E-state index contributed by atoms with van der Waals surface area (Å²) in [7, 11) is 0. The lowest BCUT2D eigenvalue weighted by Crippen LogP contribution is -2.48. The Bertz CT molecular complexity index is 1200. The van der Waals surface area contributed by atoms with E-state index in [0.29, 0.717) is 46.5 Å². The first kappa shape index (κ1) is 22.2. The van der Waals surface area contributed by atoms with Crippen LogP contribution in [-0.4, -0.2) is 51.1 Å². The van der Waals surface area contributed by atoms with Gasteiger partial charge in [-0.15, -0.1) is 0 Å². The number of amides is 1. The zero-order valence-corrected chi connectivity index (χ0v) is 19.1. The maximum atomic E-state index is 12.8. The lowest BCUT2D eigenvalue weighted by atomic mass is 10.1. The molecule has 168 valence electrons. The average Bonchev–Trinajstić information content (AvgIpc) is 2.72. The Kier molecular flexibility index (Phi) is 6.17. The van der Waals surface area contributed by atoms with Gasteiger partial charge in [0.2, 0.25) is 0 Å². The van der Waals surface area contributed by atoms with Crippen molar-refractivity contribution in [2.75, 3.05) is 13.1 Å². The van der Waals surface area contributed by atoms with E-state index < -0.39 is 6.10 Å². The third-order valence-electron chi connectivity index (χ3n) is 5.29. The van der Waals surface area contributed by atoms with Gasteiger partial charge in [0, 0.05) is 18.7 Å². The van der Waals surface area contributed by atoms with Gasteiger partial charge in [-0.05, 0) is 58.0 Å². The summed E-state index contributed by atoms with van der Waals surface area (Å²) in [6.45, 7) is 8.56. The van der Waals surface area contributed by atoms with Crippen molar-refractivity contribution in [3.8, 4) is 5.75 Å². The Morgan fingerprint density at radius 3 is 2.53 bits per heavy atom. The average molecular weight is 457 g/mol. The number of aryl methyl sites for hydroxylation is 1. The highest BCUT2D eigenvalue weighted by molar-refractivity contribution is 6.31. The maximum Gasteiger partial charge on any atom is 0.277 e. The first-order valence-electron chi connectivity index (χ1n) is 10.5. The Hall–Kier alpha value is -2.97. The first-order valence-corrected chi connectivity index (χ1v) is 10.9. The molecule has 0 aliphatic carbocycles. The second kappa shape index (κ2) is 8.88. The van der Waals surface area contributed by atoms with Crippen LogP contribution in [0.3, 0.4) is 0 Å². The fraction of sp³-hybridized carbons (Fsp3) is 0.391. The van der Waals surface area contributed by atoms with E-state index in [1.54, 1.807) is 44.2 Å². The van der Waals surface area contributed by atoms with Crippen LogP contribution in [0.15, 0.2) is 35.1 Å². The summed E-state index contributed by atoms with van der Waals surface area (Å²) in [6.07, 6.45) is -0.497. The van der Waals surface area contributed by atoms with Crippen LogP contribution in [0.4, 0.5) is 0 Å². The number of aromatic amines is 1. The summed E-state index contributed by atoms with van der Waals surface area (Å²) < 4.78 is 11.7.